The zero-order valence-electron chi connectivity index (χ0n) is 34.3. The van der Waals surface area contributed by atoms with E-state index in [4.69, 9.17) is 62.6 Å². The highest BCUT2D eigenvalue weighted by molar-refractivity contribution is 9.10. The van der Waals surface area contributed by atoms with Crippen molar-refractivity contribution in [1.29, 1.82) is 0 Å². The van der Waals surface area contributed by atoms with Crippen LogP contribution < -0.4 is 11.5 Å². The summed E-state index contributed by atoms with van der Waals surface area (Å²) >= 11 is 32.0. The molecule has 0 fully saturated rings. The molecule has 5 N–H and O–H groups in total. The fraction of sp³-hybridized carbons (Fsp3) is 0.167. The first kappa shape index (κ1) is 46.3. The molecule has 63 heavy (non-hydrogen) atoms. The Morgan fingerprint density at radius 3 is 1.95 bits per heavy atom. The van der Waals surface area contributed by atoms with Crippen molar-refractivity contribution in [2.24, 2.45) is 0 Å². The number of nitrogens with two attached hydrogens (primary N) is 2. The molecule has 4 aromatic heterocycles. The van der Waals surface area contributed by atoms with E-state index in [2.05, 4.69) is 41.9 Å². The molecule has 9 aromatic rings. The number of benzene rings is 5. The lowest BCUT2D eigenvalue weighted by atomic mass is 10.0. The minimum Gasteiger partial charge on any atom is -0.481 e. The first-order valence-electron chi connectivity index (χ1n) is 19.9. The fourth-order valence-corrected chi connectivity index (χ4v) is 10.8. The molecule has 0 saturated carbocycles. The molecule has 0 aliphatic heterocycles. The van der Waals surface area contributed by atoms with E-state index in [-0.39, 0.29) is 18.8 Å². The number of thiophene rings is 2. The first-order valence-corrected chi connectivity index (χ1v) is 23.9. The minimum atomic E-state index is -0.871. The minimum absolute atomic E-state index is 0.0557. The number of aliphatic carboxylic acids is 1. The zero-order valence-corrected chi connectivity index (χ0v) is 40.5. The van der Waals surface area contributed by atoms with Crippen molar-refractivity contribution in [2.45, 2.75) is 46.7 Å². The summed E-state index contributed by atoms with van der Waals surface area (Å²) in [6.45, 7) is 7.39. The number of nitrogens with zero attached hydrogens (tertiary/aromatic N) is 2. The van der Waals surface area contributed by atoms with Crippen molar-refractivity contribution >= 4 is 150 Å². The van der Waals surface area contributed by atoms with Gasteiger partial charge in [-0.3, -0.25) is 9.59 Å². The van der Waals surface area contributed by atoms with Gasteiger partial charge in [0.15, 0.2) is 0 Å². The van der Waals surface area contributed by atoms with Gasteiger partial charge in [0.05, 0.1) is 39.5 Å². The molecule has 0 amide bonds. The Balaban J connectivity index is 0.000000184. The van der Waals surface area contributed by atoms with Gasteiger partial charge in [-0.1, -0.05) is 94.4 Å². The van der Waals surface area contributed by atoms with E-state index in [1.807, 2.05) is 99.9 Å². The van der Waals surface area contributed by atoms with Crippen LogP contribution in [-0.2, 0) is 40.3 Å². The number of anilines is 2. The zero-order chi connectivity index (χ0) is 45.1. The van der Waals surface area contributed by atoms with Crippen LogP contribution in [0.2, 0.25) is 20.1 Å². The van der Waals surface area contributed by atoms with Crippen LogP contribution >= 0.6 is 85.0 Å². The SMILES string of the molecule is CC.CCOC(=O)Cc1cn(Cc2csc3ccc(Cl)c(Cl)c23)c2cc(Br)ccc12.Nc1cc(N)cc(-c2ccc3c(CC(=O)O)cn(Cc4csc5cc(Cl)c(Cl)cc45)c3c2)c1. The second kappa shape index (κ2) is 20.0. The molecular weight excluding hydrogens is 982 g/mol. The van der Waals surface area contributed by atoms with Gasteiger partial charge in [-0.25, -0.2) is 0 Å². The third-order valence-corrected chi connectivity index (χ3v) is 14.3. The summed E-state index contributed by atoms with van der Waals surface area (Å²) in [4.78, 5) is 23.5. The predicted molar refractivity (Wildman–Crippen MR) is 271 cm³/mol. The number of nitrogen functional groups attached to an aromatic ring is 2. The molecule has 0 spiro atoms. The quantitative estimate of drug-likeness (QED) is 0.0925. The summed E-state index contributed by atoms with van der Waals surface area (Å²) in [7, 11) is 0. The summed E-state index contributed by atoms with van der Waals surface area (Å²) in [5, 5.41) is 19.8. The Morgan fingerprint density at radius 2 is 1.27 bits per heavy atom. The Bertz CT molecular complexity index is 3150. The number of hydrogen-bond donors (Lipinski definition) is 3. The number of carbonyl (C=O) groups excluding carboxylic acids is 1. The van der Waals surface area contributed by atoms with E-state index in [0.717, 1.165) is 79.8 Å². The van der Waals surface area contributed by atoms with Crippen LogP contribution in [-0.4, -0.2) is 32.8 Å². The molecule has 324 valence electrons. The highest BCUT2D eigenvalue weighted by Gasteiger charge is 2.18. The molecule has 0 saturated heterocycles. The van der Waals surface area contributed by atoms with Crippen LogP contribution in [0.3, 0.4) is 0 Å². The maximum Gasteiger partial charge on any atom is 0.310 e. The monoisotopic (exact) mass is 1020 g/mol. The normalized spacial score (nSPS) is 11.2. The lowest BCUT2D eigenvalue weighted by molar-refractivity contribution is -0.142. The van der Waals surface area contributed by atoms with Gasteiger partial charge in [-0.2, -0.15) is 0 Å². The summed E-state index contributed by atoms with van der Waals surface area (Å²) < 4.78 is 12.5. The van der Waals surface area contributed by atoms with Crippen LogP contribution in [0, 0.1) is 0 Å². The number of carbonyl (C=O) groups is 2. The molecule has 4 heterocycles. The lowest BCUT2D eigenvalue weighted by Gasteiger charge is -2.09. The van der Waals surface area contributed by atoms with E-state index in [1.165, 1.54) is 0 Å². The number of ether oxygens (including phenoxy) is 1. The average molecular weight is 1020 g/mol. The second-order valence-electron chi connectivity index (χ2n) is 14.4. The van der Waals surface area contributed by atoms with Gasteiger partial charge >= 0.3 is 11.9 Å². The summed E-state index contributed by atoms with van der Waals surface area (Å²) in [5.41, 5.74) is 20.9. The topological polar surface area (TPSA) is 126 Å². The third-order valence-electron chi connectivity index (χ3n) is 10.3. The Kier molecular flexibility index (Phi) is 14.7. The highest BCUT2D eigenvalue weighted by Crippen LogP contribution is 2.39. The number of rotatable bonds is 10. The molecule has 0 aliphatic carbocycles. The maximum absolute atomic E-state index is 12.0. The molecule has 0 unspecified atom stereocenters. The Labute approximate surface area is 400 Å². The van der Waals surface area contributed by atoms with Crippen molar-refractivity contribution in [3.63, 3.8) is 0 Å². The number of fused-ring (bicyclic) bond motifs is 4. The van der Waals surface area contributed by atoms with Gasteiger partial charge < -0.3 is 30.4 Å². The molecule has 15 heteroatoms. The highest BCUT2D eigenvalue weighted by atomic mass is 79.9. The smallest absolute Gasteiger partial charge is 0.310 e. The van der Waals surface area contributed by atoms with Crippen molar-refractivity contribution in [1.82, 2.24) is 9.13 Å². The van der Waals surface area contributed by atoms with E-state index in [9.17, 15) is 14.7 Å². The largest absolute Gasteiger partial charge is 0.481 e. The van der Waals surface area contributed by atoms with Gasteiger partial charge in [0.2, 0.25) is 0 Å². The van der Waals surface area contributed by atoms with Crippen LogP contribution in [0.4, 0.5) is 11.4 Å². The molecule has 0 atom stereocenters. The first-order chi connectivity index (χ1) is 30.3. The van der Waals surface area contributed by atoms with Crippen molar-refractivity contribution in [3.05, 3.63) is 149 Å². The number of halogens is 5. The Hall–Kier alpha value is -4.72. The van der Waals surface area contributed by atoms with Crippen molar-refractivity contribution < 1.29 is 19.4 Å². The van der Waals surface area contributed by atoms with E-state index < -0.39 is 5.97 Å². The average Bonchev–Trinajstić information content (AvgIpc) is 4.01. The summed E-state index contributed by atoms with van der Waals surface area (Å²) in [5.74, 6) is -1.09. The molecule has 8 nitrogen and oxygen atoms in total. The van der Waals surface area contributed by atoms with Crippen molar-refractivity contribution in [2.75, 3.05) is 18.1 Å². The summed E-state index contributed by atoms with van der Waals surface area (Å²) in [6.07, 6.45) is 4.13. The van der Waals surface area contributed by atoms with Gasteiger partial charge in [-0.15, -0.1) is 22.7 Å². The molecular formula is C48H41BrCl4N4O4S2. The maximum atomic E-state index is 12.0. The van der Waals surface area contributed by atoms with Gasteiger partial charge in [0, 0.05) is 77.9 Å². The van der Waals surface area contributed by atoms with Crippen molar-refractivity contribution in [3.8, 4) is 11.1 Å². The molecule has 9 rings (SSSR count). The van der Waals surface area contributed by atoms with Crippen LogP contribution in [0.25, 0.3) is 53.1 Å². The second-order valence-corrected chi connectivity index (χ2v) is 18.8. The molecule has 0 bridgehead atoms. The molecule has 5 aromatic carbocycles. The number of carboxylic acids is 1. The fourth-order valence-electron chi connectivity index (χ4n) is 7.61. The number of carboxylic acid groups (broad SMARTS) is 1. The third kappa shape index (κ3) is 10.2. The number of aromatic nitrogens is 2. The standard InChI is InChI=1S/C25H19Cl2N3O2S.C21H16BrCl2NO2S.C2H6/c26-21-8-20-16(12-33-24(20)9-22(21)27)11-30-10-15(6-25(31)32)19-2-1-13(5-23(19)30)14-3-17(28)7-18(29)4-14;1-2-27-19(26)7-12-9-25(17-8-14(22)3-4-15(12)17)10-13-11-28-18-6-5-16(23)21(24)20(13)18;1-2/h1-5,7-10,12H,6,11,28-29H2,(H,31,32);3-6,8-9,11H,2,7,10H2,1H3;1-2H3. The van der Waals surface area contributed by atoms with Crippen LogP contribution in [0.1, 0.15) is 43.0 Å². The Morgan fingerprint density at radius 1 is 0.667 bits per heavy atom. The van der Waals surface area contributed by atoms with Crippen LogP contribution in [0.5, 0.6) is 0 Å². The van der Waals surface area contributed by atoms with E-state index >= 15 is 0 Å². The van der Waals surface area contributed by atoms with E-state index in [1.54, 1.807) is 28.7 Å². The van der Waals surface area contributed by atoms with Gasteiger partial charge in [-0.05, 0) is 117 Å². The van der Waals surface area contributed by atoms with E-state index in [0.29, 0.717) is 51.2 Å². The number of hydrogen-bond acceptors (Lipinski definition) is 7. The molecule has 0 aliphatic rings. The predicted octanol–water partition coefficient (Wildman–Crippen LogP) is 14.8. The summed E-state index contributed by atoms with van der Waals surface area (Å²) in [6, 6.07) is 25.1. The van der Waals surface area contributed by atoms with Crippen LogP contribution in [0.15, 0.2) is 106 Å². The molecule has 0 radical (unpaired) electrons. The van der Waals surface area contributed by atoms with Gasteiger partial charge in [0.25, 0.3) is 0 Å². The number of esters is 1. The lowest BCUT2D eigenvalue weighted by Crippen LogP contribution is -2.07. The van der Waals surface area contributed by atoms with Gasteiger partial charge in [0.1, 0.15) is 0 Å².